The number of hydrogen-bond donors (Lipinski definition) is 2. The van der Waals surface area contributed by atoms with Crippen LogP contribution < -0.4 is 11.1 Å². The number of hydrogen-bond acceptors (Lipinski definition) is 3. The van der Waals surface area contributed by atoms with Crippen molar-refractivity contribution in [3.63, 3.8) is 0 Å². The fourth-order valence-electron chi connectivity index (χ4n) is 1.79. The minimum absolute atomic E-state index is 0.0701. The first-order valence-electron chi connectivity index (χ1n) is 6.79. The van der Waals surface area contributed by atoms with Crippen LogP contribution in [0.5, 0.6) is 0 Å². The van der Waals surface area contributed by atoms with Crippen molar-refractivity contribution < 1.29 is 4.79 Å². The lowest BCUT2D eigenvalue weighted by Crippen LogP contribution is -2.39. The van der Waals surface area contributed by atoms with Crippen LogP contribution in [0.2, 0.25) is 0 Å². The maximum atomic E-state index is 12.2. The minimum Gasteiger partial charge on any atom is -0.383 e. The monoisotopic (exact) mass is 263 g/mol. The third kappa shape index (κ3) is 4.91. The highest BCUT2D eigenvalue weighted by Gasteiger charge is 2.13. The van der Waals surface area contributed by atoms with Crippen molar-refractivity contribution >= 4 is 11.6 Å². The molecule has 4 heteroatoms. The standard InChI is InChI=1S/C15H25N3O/c1-5-18(6-2)14(19)12-8-7-9-13(10-12)17-11-15(3,4)16/h7-10,17H,5-6,11,16H2,1-4H3. The molecule has 1 rings (SSSR count). The van der Waals surface area contributed by atoms with E-state index in [9.17, 15) is 4.79 Å². The molecule has 4 nitrogen and oxygen atoms in total. The Bertz CT molecular complexity index is 420. The molecule has 0 radical (unpaired) electrons. The summed E-state index contributed by atoms with van der Waals surface area (Å²) in [6, 6.07) is 7.57. The first-order chi connectivity index (χ1) is 8.87. The number of nitrogens with one attached hydrogen (secondary N) is 1. The van der Waals surface area contributed by atoms with Crippen LogP contribution in [0.1, 0.15) is 38.1 Å². The van der Waals surface area contributed by atoms with Gasteiger partial charge in [0, 0.05) is 36.4 Å². The van der Waals surface area contributed by atoms with Gasteiger partial charge in [0.2, 0.25) is 0 Å². The van der Waals surface area contributed by atoms with Crippen molar-refractivity contribution in [3.8, 4) is 0 Å². The topological polar surface area (TPSA) is 58.4 Å². The Kier molecular flexibility index (Phi) is 5.36. The zero-order valence-corrected chi connectivity index (χ0v) is 12.4. The molecule has 0 unspecified atom stereocenters. The molecule has 0 saturated carbocycles. The van der Waals surface area contributed by atoms with Gasteiger partial charge in [-0.2, -0.15) is 0 Å². The van der Waals surface area contributed by atoms with E-state index in [0.717, 1.165) is 18.8 Å². The van der Waals surface area contributed by atoms with Gasteiger partial charge in [0.25, 0.3) is 5.91 Å². The predicted octanol–water partition coefficient (Wildman–Crippen LogP) is 2.32. The lowest BCUT2D eigenvalue weighted by Gasteiger charge is -2.21. The van der Waals surface area contributed by atoms with E-state index in [0.29, 0.717) is 12.1 Å². The highest BCUT2D eigenvalue weighted by atomic mass is 16.2. The molecule has 0 bridgehead atoms. The lowest BCUT2D eigenvalue weighted by atomic mass is 10.1. The van der Waals surface area contributed by atoms with Crippen LogP contribution in [-0.4, -0.2) is 36.0 Å². The molecule has 0 saturated heterocycles. The second-order valence-electron chi connectivity index (χ2n) is 5.40. The average Bonchev–Trinajstić information content (AvgIpc) is 2.37. The zero-order valence-electron chi connectivity index (χ0n) is 12.4. The number of nitrogens with zero attached hydrogens (tertiary/aromatic N) is 1. The molecule has 19 heavy (non-hydrogen) atoms. The fourth-order valence-corrected chi connectivity index (χ4v) is 1.79. The molecule has 0 aromatic heterocycles. The Morgan fingerprint density at radius 2 is 1.95 bits per heavy atom. The summed E-state index contributed by atoms with van der Waals surface area (Å²) in [6.45, 7) is 10.0. The summed E-state index contributed by atoms with van der Waals surface area (Å²) in [4.78, 5) is 14.0. The molecular weight excluding hydrogens is 238 g/mol. The minimum atomic E-state index is -0.279. The van der Waals surface area contributed by atoms with Crippen molar-refractivity contribution in [2.75, 3.05) is 25.0 Å². The molecule has 106 valence electrons. The summed E-state index contributed by atoms with van der Waals surface area (Å²) in [5.74, 6) is 0.0701. The summed E-state index contributed by atoms with van der Waals surface area (Å²) < 4.78 is 0. The molecule has 1 aromatic carbocycles. The van der Waals surface area contributed by atoms with Gasteiger partial charge in [-0.15, -0.1) is 0 Å². The number of anilines is 1. The van der Waals surface area contributed by atoms with Gasteiger partial charge in [-0.3, -0.25) is 4.79 Å². The van der Waals surface area contributed by atoms with Gasteiger partial charge in [0.05, 0.1) is 0 Å². The summed E-state index contributed by atoms with van der Waals surface area (Å²) in [5.41, 5.74) is 7.29. The Morgan fingerprint density at radius 3 is 2.47 bits per heavy atom. The van der Waals surface area contributed by atoms with E-state index in [1.807, 2.05) is 56.9 Å². The predicted molar refractivity (Wildman–Crippen MR) is 80.4 cm³/mol. The van der Waals surface area contributed by atoms with E-state index >= 15 is 0 Å². The second kappa shape index (κ2) is 6.57. The van der Waals surface area contributed by atoms with E-state index in [4.69, 9.17) is 5.73 Å². The quantitative estimate of drug-likeness (QED) is 0.828. The molecule has 3 N–H and O–H groups in total. The maximum Gasteiger partial charge on any atom is 0.253 e. The number of rotatable bonds is 6. The summed E-state index contributed by atoms with van der Waals surface area (Å²) in [7, 11) is 0. The van der Waals surface area contributed by atoms with Crippen LogP contribution in [0.25, 0.3) is 0 Å². The van der Waals surface area contributed by atoms with Gasteiger partial charge in [-0.1, -0.05) is 6.07 Å². The molecule has 0 heterocycles. The number of benzene rings is 1. The third-order valence-corrected chi connectivity index (χ3v) is 2.91. The summed E-state index contributed by atoms with van der Waals surface area (Å²) in [6.07, 6.45) is 0. The van der Waals surface area contributed by atoms with Crippen LogP contribution in [-0.2, 0) is 0 Å². The van der Waals surface area contributed by atoms with Gasteiger partial charge in [0.15, 0.2) is 0 Å². The van der Waals surface area contributed by atoms with E-state index in [-0.39, 0.29) is 11.4 Å². The van der Waals surface area contributed by atoms with Crippen LogP contribution in [0.3, 0.4) is 0 Å². The first-order valence-corrected chi connectivity index (χ1v) is 6.79. The number of carbonyl (C=O) groups excluding carboxylic acids is 1. The molecular formula is C15H25N3O. The van der Waals surface area contributed by atoms with Crippen molar-refractivity contribution in [2.24, 2.45) is 5.73 Å². The Labute approximate surface area is 116 Å². The van der Waals surface area contributed by atoms with Gasteiger partial charge in [-0.05, 0) is 45.9 Å². The van der Waals surface area contributed by atoms with Crippen LogP contribution in [0.15, 0.2) is 24.3 Å². The Balaban J connectivity index is 2.79. The Hall–Kier alpha value is -1.55. The van der Waals surface area contributed by atoms with Crippen LogP contribution >= 0.6 is 0 Å². The average molecular weight is 263 g/mol. The van der Waals surface area contributed by atoms with Gasteiger partial charge in [0.1, 0.15) is 0 Å². The molecule has 0 atom stereocenters. The molecule has 1 aromatic rings. The van der Waals surface area contributed by atoms with Crippen molar-refractivity contribution in [1.29, 1.82) is 0 Å². The second-order valence-corrected chi connectivity index (χ2v) is 5.40. The van der Waals surface area contributed by atoms with Gasteiger partial charge < -0.3 is 16.0 Å². The summed E-state index contributed by atoms with van der Waals surface area (Å²) in [5, 5.41) is 3.26. The van der Waals surface area contributed by atoms with Gasteiger partial charge in [-0.25, -0.2) is 0 Å². The molecule has 0 aliphatic rings. The number of nitrogens with two attached hydrogens (primary N) is 1. The first kappa shape index (κ1) is 15.5. The largest absolute Gasteiger partial charge is 0.383 e. The molecule has 0 spiro atoms. The molecule has 0 aliphatic heterocycles. The van der Waals surface area contributed by atoms with Crippen molar-refractivity contribution in [2.45, 2.75) is 33.2 Å². The maximum absolute atomic E-state index is 12.2. The summed E-state index contributed by atoms with van der Waals surface area (Å²) >= 11 is 0. The Morgan fingerprint density at radius 1 is 1.32 bits per heavy atom. The normalized spacial score (nSPS) is 11.2. The molecule has 0 fully saturated rings. The smallest absolute Gasteiger partial charge is 0.253 e. The SMILES string of the molecule is CCN(CC)C(=O)c1cccc(NCC(C)(C)N)c1. The van der Waals surface area contributed by atoms with E-state index in [1.54, 1.807) is 0 Å². The van der Waals surface area contributed by atoms with Crippen molar-refractivity contribution in [3.05, 3.63) is 29.8 Å². The van der Waals surface area contributed by atoms with E-state index in [2.05, 4.69) is 5.32 Å². The van der Waals surface area contributed by atoms with Gasteiger partial charge >= 0.3 is 0 Å². The number of amides is 1. The highest BCUT2D eigenvalue weighted by molar-refractivity contribution is 5.95. The van der Waals surface area contributed by atoms with E-state index < -0.39 is 0 Å². The van der Waals surface area contributed by atoms with Crippen LogP contribution in [0, 0.1) is 0 Å². The third-order valence-electron chi connectivity index (χ3n) is 2.91. The van der Waals surface area contributed by atoms with Crippen LogP contribution in [0.4, 0.5) is 5.69 Å². The number of carbonyl (C=O) groups is 1. The lowest BCUT2D eigenvalue weighted by molar-refractivity contribution is 0.0773. The highest BCUT2D eigenvalue weighted by Crippen LogP contribution is 2.13. The molecule has 0 aliphatic carbocycles. The zero-order chi connectivity index (χ0) is 14.5. The van der Waals surface area contributed by atoms with Crippen molar-refractivity contribution in [1.82, 2.24) is 4.90 Å². The van der Waals surface area contributed by atoms with E-state index in [1.165, 1.54) is 0 Å². The fraction of sp³-hybridized carbons (Fsp3) is 0.533. The molecule has 1 amide bonds.